The zero-order valence-corrected chi connectivity index (χ0v) is 12.8. The average molecular weight is 312 g/mol. The SMILES string of the molecule is N#Cc1ccccc1CSCCNC(=O)c1ccccc1O. The van der Waals surface area contributed by atoms with Gasteiger partial charge in [-0.1, -0.05) is 30.3 Å². The van der Waals surface area contributed by atoms with E-state index in [4.69, 9.17) is 5.26 Å². The molecule has 22 heavy (non-hydrogen) atoms. The monoisotopic (exact) mass is 312 g/mol. The fourth-order valence-electron chi connectivity index (χ4n) is 1.93. The summed E-state index contributed by atoms with van der Waals surface area (Å²) in [6, 6.07) is 16.1. The van der Waals surface area contributed by atoms with Crippen LogP contribution in [0.5, 0.6) is 5.75 Å². The van der Waals surface area contributed by atoms with Crippen molar-refractivity contribution in [3.05, 3.63) is 65.2 Å². The third-order valence-corrected chi connectivity index (χ3v) is 4.08. The Labute approximate surface area is 133 Å². The van der Waals surface area contributed by atoms with Crippen molar-refractivity contribution in [2.75, 3.05) is 12.3 Å². The van der Waals surface area contributed by atoms with E-state index in [2.05, 4.69) is 11.4 Å². The Morgan fingerprint density at radius 2 is 1.91 bits per heavy atom. The van der Waals surface area contributed by atoms with Crippen molar-refractivity contribution in [2.24, 2.45) is 0 Å². The van der Waals surface area contributed by atoms with Gasteiger partial charge in [-0.15, -0.1) is 0 Å². The zero-order chi connectivity index (χ0) is 15.8. The number of amides is 1. The Hall–Kier alpha value is -2.45. The smallest absolute Gasteiger partial charge is 0.255 e. The maximum atomic E-state index is 11.9. The summed E-state index contributed by atoms with van der Waals surface area (Å²) in [4.78, 5) is 11.9. The molecule has 0 radical (unpaired) electrons. The molecule has 2 aromatic carbocycles. The third-order valence-electron chi connectivity index (χ3n) is 3.08. The highest BCUT2D eigenvalue weighted by atomic mass is 32.2. The molecular formula is C17H16N2O2S. The predicted molar refractivity (Wildman–Crippen MR) is 87.8 cm³/mol. The molecule has 2 rings (SSSR count). The highest BCUT2D eigenvalue weighted by Crippen LogP contribution is 2.16. The fraction of sp³-hybridized carbons (Fsp3) is 0.176. The minimum atomic E-state index is -0.281. The number of carbonyl (C=O) groups is 1. The number of aromatic hydroxyl groups is 1. The molecular weight excluding hydrogens is 296 g/mol. The van der Waals surface area contributed by atoms with Gasteiger partial charge in [0.2, 0.25) is 0 Å². The summed E-state index contributed by atoms with van der Waals surface area (Å²) >= 11 is 1.65. The molecule has 0 saturated heterocycles. The third kappa shape index (κ3) is 4.27. The van der Waals surface area contributed by atoms with Gasteiger partial charge in [-0.3, -0.25) is 4.79 Å². The lowest BCUT2D eigenvalue weighted by molar-refractivity contribution is 0.0953. The van der Waals surface area contributed by atoms with Crippen molar-refractivity contribution >= 4 is 17.7 Å². The van der Waals surface area contributed by atoms with Gasteiger partial charge in [-0.2, -0.15) is 17.0 Å². The Bertz CT molecular complexity index is 695. The maximum Gasteiger partial charge on any atom is 0.255 e. The van der Waals surface area contributed by atoms with Gasteiger partial charge >= 0.3 is 0 Å². The quantitative estimate of drug-likeness (QED) is 0.804. The summed E-state index contributed by atoms with van der Waals surface area (Å²) in [6.07, 6.45) is 0. The summed E-state index contributed by atoms with van der Waals surface area (Å²) in [5.41, 5.74) is 1.97. The molecule has 2 N–H and O–H groups in total. The van der Waals surface area contributed by atoms with Crippen LogP contribution in [-0.2, 0) is 5.75 Å². The minimum absolute atomic E-state index is 0.0180. The highest BCUT2D eigenvalue weighted by molar-refractivity contribution is 7.98. The molecule has 0 aliphatic heterocycles. The van der Waals surface area contributed by atoms with Crippen molar-refractivity contribution in [1.29, 1.82) is 5.26 Å². The Balaban J connectivity index is 1.75. The minimum Gasteiger partial charge on any atom is -0.507 e. The molecule has 0 aliphatic carbocycles. The van der Waals surface area contributed by atoms with Crippen molar-refractivity contribution < 1.29 is 9.90 Å². The Kier molecular flexibility index (Phi) is 5.87. The number of hydrogen-bond donors (Lipinski definition) is 2. The number of phenols is 1. The van der Waals surface area contributed by atoms with E-state index >= 15 is 0 Å². The first-order chi connectivity index (χ1) is 10.7. The van der Waals surface area contributed by atoms with E-state index in [9.17, 15) is 9.90 Å². The standard InChI is InChI=1S/C17H16N2O2S/c18-11-13-5-1-2-6-14(13)12-22-10-9-19-17(21)15-7-3-4-8-16(15)20/h1-8,20H,9-10,12H2,(H,19,21). The molecule has 0 saturated carbocycles. The Morgan fingerprint density at radius 3 is 2.68 bits per heavy atom. The molecule has 0 unspecified atom stereocenters. The zero-order valence-electron chi connectivity index (χ0n) is 12.0. The highest BCUT2D eigenvalue weighted by Gasteiger charge is 2.09. The van der Waals surface area contributed by atoms with Gasteiger partial charge in [0.1, 0.15) is 5.75 Å². The number of hydrogen-bond acceptors (Lipinski definition) is 4. The molecule has 0 aliphatic rings. The lowest BCUT2D eigenvalue weighted by Crippen LogP contribution is -2.25. The maximum absolute atomic E-state index is 11.9. The summed E-state index contributed by atoms with van der Waals surface area (Å²) in [5, 5.41) is 21.4. The molecule has 1 amide bonds. The van der Waals surface area contributed by atoms with Crippen LogP contribution in [0.25, 0.3) is 0 Å². The van der Waals surface area contributed by atoms with E-state index in [1.54, 1.807) is 36.0 Å². The fourth-order valence-corrected chi connectivity index (χ4v) is 2.80. The Morgan fingerprint density at radius 1 is 1.18 bits per heavy atom. The number of nitriles is 1. The largest absolute Gasteiger partial charge is 0.507 e. The van der Waals surface area contributed by atoms with Crippen molar-refractivity contribution in [1.82, 2.24) is 5.32 Å². The summed E-state index contributed by atoms with van der Waals surface area (Å²) < 4.78 is 0. The number of nitrogens with one attached hydrogen (secondary N) is 1. The van der Waals surface area contributed by atoms with E-state index < -0.39 is 0 Å². The average Bonchev–Trinajstić information content (AvgIpc) is 2.55. The van der Waals surface area contributed by atoms with Crippen LogP contribution >= 0.6 is 11.8 Å². The number of nitrogens with zero attached hydrogens (tertiary/aromatic N) is 1. The number of thioether (sulfide) groups is 1. The van der Waals surface area contributed by atoms with Gasteiger partial charge < -0.3 is 10.4 Å². The van der Waals surface area contributed by atoms with Crippen LogP contribution < -0.4 is 5.32 Å². The molecule has 0 heterocycles. The first-order valence-corrected chi connectivity index (χ1v) is 8.00. The molecule has 0 bridgehead atoms. The van der Waals surface area contributed by atoms with E-state index in [0.29, 0.717) is 12.1 Å². The van der Waals surface area contributed by atoms with Gasteiger partial charge in [0, 0.05) is 18.1 Å². The van der Waals surface area contributed by atoms with Crippen LogP contribution in [0.1, 0.15) is 21.5 Å². The molecule has 5 heteroatoms. The van der Waals surface area contributed by atoms with Crippen LogP contribution in [-0.4, -0.2) is 23.3 Å². The molecule has 0 atom stereocenters. The number of carbonyl (C=O) groups excluding carboxylic acids is 1. The molecule has 2 aromatic rings. The van der Waals surface area contributed by atoms with Crippen LogP contribution in [0.15, 0.2) is 48.5 Å². The van der Waals surface area contributed by atoms with Crippen LogP contribution in [0.2, 0.25) is 0 Å². The summed E-state index contributed by atoms with van der Waals surface area (Å²) in [7, 11) is 0. The molecule has 0 fully saturated rings. The summed E-state index contributed by atoms with van der Waals surface area (Å²) in [5.74, 6) is 1.17. The predicted octanol–water partition coefficient (Wildman–Crippen LogP) is 2.93. The number of phenolic OH excluding ortho intramolecular Hbond substituents is 1. The molecule has 0 aromatic heterocycles. The van der Waals surface area contributed by atoms with E-state index in [1.165, 1.54) is 6.07 Å². The summed E-state index contributed by atoms with van der Waals surface area (Å²) in [6.45, 7) is 0.507. The second-order valence-corrected chi connectivity index (χ2v) is 5.70. The number of rotatable bonds is 6. The van der Waals surface area contributed by atoms with Gasteiger partial charge in [0.25, 0.3) is 5.91 Å². The van der Waals surface area contributed by atoms with Crippen molar-refractivity contribution in [3.8, 4) is 11.8 Å². The normalized spacial score (nSPS) is 9.95. The first-order valence-electron chi connectivity index (χ1n) is 6.84. The van der Waals surface area contributed by atoms with Crippen molar-refractivity contribution in [3.63, 3.8) is 0 Å². The second-order valence-electron chi connectivity index (χ2n) is 4.59. The molecule has 112 valence electrons. The number of benzene rings is 2. The van der Waals surface area contributed by atoms with Crippen LogP contribution in [0.4, 0.5) is 0 Å². The first kappa shape index (κ1) is 15.9. The lowest BCUT2D eigenvalue weighted by Gasteiger charge is -2.07. The van der Waals surface area contributed by atoms with Gasteiger partial charge in [0.15, 0.2) is 0 Å². The van der Waals surface area contributed by atoms with Gasteiger partial charge in [-0.05, 0) is 23.8 Å². The van der Waals surface area contributed by atoms with E-state index in [0.717, 1.165) is 17.1 Å². The van der Waals surface area contributed by atoms with E-state index in [-0.39, 0.29) is 17.2 Å². The van der Waals surface area contributed by atoms with Gasteiger partial charge in [-0.25, -0.2) is 0 Å². The van der Waals surface area contributed by atoms with Crippen LogP contribution in [0.3, 0.4) is 0 Å². The number of para-hydroxylation sites is 1. The second kappa shape index (κ2) is 8.11. The van der Waals surface area contributed by atoms with Gasteiger partial charge in [0.05, 0.1) is 17.2 Å². The molecule has 0 spiro atoms. The van der Waals surface area contributed by atoms with E-state index in [1.807, 2.05) is 18.2 Å². The molecule has 4 nitrogen and oxygen atoms in total. The lowest BCUT2D eigenvalue weighted by atomic mass is 10.1. The topological polar surface area (TPSA) is 73.1 Å². The van der Waals surface area contributed by atoms with Crippen LogP contribution in [0, 0.1) is 11.3 Å². The van der Waals surface area contributed by atoms with Crippen molar-refractivity contribution in [2.45, 2.75) is 5.75 Å².